The molecule has 41 heavy (non-hydrogen) atoms. The van der Waals surface area contributed by atoms with Crippen molar-refractivity contribution in [1.82, 2.24) is 24.5 Å². The summed E-state index contributed by atoms with van der Waals surface area (Å²) in [6, 6.07) is 14.6. The van der Waals surface area contributed by atoms with Gasteiger partial charge < -0.3 is 9.67 Å². The van der Waals surface area contributed by atoms with Gasteiger partial charge in [-0.3, -0.25) is 0 Å². The standard InChI is InChI=1S/C27H20Cl2F3N5O3S/c1-15-34-26(27(30,31)32)13-36(15)22-8-5-17(18-9-21(29)20(14-38)25(11-18)41(2,39)40)10-23(22)37-24(12-33-35-37)16-3-6-19(28)7-4-16/h3-13,38H,14H2,1-2H3. The summed E-state index contributed by atoms with van der Waals surface area (Å²) in [6.07, 6.45) is -1.27. The van der Waals surface area contributed by atoms with Crippen LogP contribution in [0.4, 0.5) is 13.2 Å². The summed E-state index contributed by atoms with van der Waals surface area (Å²) in [6.45, 7) is 0.858. The number of alkyl halides is 3. The summed E-state index contributed by atoms with van der Waals surface area (Å²) >= 11 is 12.4. The van der Waals surface area contributed by atoms with Crippen LogP contribution in [0.5, 0.6) is 0 Å². The average Bonchev–Trinajstić information content (AvgIpc) is 3.55. The number of rotatable bonds is 6. The van der Waals surface area contributed by atoms with Gasteiger partial charge in [0.25, 0.3) is 0 Å². The number of aliphatic hydroxyl groups is 1. The summed E-state index contributed by atoms with van der Waals surface area (Å²) in [5.41, 5.74) is 1.69. The van der Waals surface area contributed by atoms with Gasteiger partial charge in [0.05, 0.1) is 34.8 Å². The number of imidazole rings is 1. The first-order valence-corrected chi connectivity index (χ1v) is 14.5. The predicted molar refractivity (Wildman–Crippen MR) is 148 cm³/mol. The molecular formula is C27H20Cl2F3N5O3S. The summed E-state index contributed by atoms with van der Waals surface area (Å²) < 4.78 is 68.3. The number of nitrogens with zero attached hydrogens (tertiary/aromatic N) is 5. The average molecular weight is 622 g/mol. The van der Waals surface area contributed by atoms with Crippen LogP contribution < -0.4 is 0 Å². The Morgan fingerprint density at radius 1 is 0.951 bits per heavy atom. The van der Waals surface area contributed by atoms with Gasteiger partial charge in [-0.15, -0.1) is 5.10 Å². The highest BCUT2D eigenvalue weighted by Crippen LogP contribution is 2.36. The third kappa shape index (κ3) is 5.60. The first-order chi connectivity index (χ1) is 19.3. The Morgan fingerprint density at radius 2 is 1.63 bits per heavy atom. The van der Waals surface area contributed by atoms with E-state index in [1.807, 2.05) is 0 Å². The minimum absolute atomic E-state index is 0.0407. The lowest BCUT2D eigenvalue weighted by molar-refractivity contribution is -0.141. The Bertz CT molecular complexity index is 1890. The van der Waals surface area contributed by atoms with Crippen LogP contribution in [0.1, 0.15) is 17.1 Å². The molecular weight excluding hydrogens is 602 g/mol. The van der Waals surface area contributed by atoms with Crippen molar-refractivity contribution in [2.75, 3.05) is 6.26 Å². The molecule has 0 radical (unpaired) electrons. The van der Waals surface area contributed by atoms with E-state index in [2.05, 4.69) is 15.3 Å². The maximum absolute atomic E-state index is 13.5. The van der Waals surface area contributed by atoms with Crippen LogP contribution >= 0.6 is 23.2 Å². The van der Waals surface area contributed by atoms with Crippen LogP contribution in [0.25, 0.3) is 33.8 Å². The molecule has 8 nitrogen and oxygen atoms in total. The molecule has 5 aromatic rings. The van der Waals surface area contributed by atoms with Crippen molar-refractivity contribution in [2.24, 2.45) is 0 Å². The zero-order valence-electron chi connectivity index (χ0n) is 21.4. The molecule has 14 heteroatoms. The number of aromatic nitrogens is 5. The SMILES string of the molecule is Cc1nc(C(F)(F)F)cn1-c1ccc(-c2cc(Cl)c(CO)c(S(C)(=O)=O)c2)cc1-n1nncc1-c1ccc(Cl)cc1. The van der Waals surface area contributed by atoms with E-state index in [4.69, 9.17) is 23.2 Å². The summed E-state index contributed by atoms with van der Waals surface area (Å²) in [5, 5.41) is 18.5. The Balaban J connectivity index is 1.78. The van der Waals surface area contributed by atoms with Gasteiger partial charge in [-0.2, -0.15) is 13.2 Å². The molecule has 0 aliphatic carbocycles. The lowest BCUT2D eigenvalue weighted by Crippen LogP contribution is -2.08. The van der Waals surface area contributed by atoms with Gasteiger partial charge in [-0.1, -0.05) is 46.6 Å². The number of sulfone groups is 1. The normalized spacial score (nSPS) is 12.2. The Hall–Kier alpha value is -3.71. The largest absolute Gasteiger partial charge is 0.434 e. The molecule has 1 N–H and O–H groups in total. The van der Waals surface area contributed by atoms with Crippen LogP contribution in [0, 0.1) is 6.92 Å². The van der Waals surface area contributed by atoms with E-state index in [1.54, 1.807) is 42.5 Å². The third-order valence-corrected chi connectivity index (χ3v) is 8.12. The molecule has 3 aromatic carbocycles. The van der Waals surface area contributed by atoms with Gasteiger partial charge >= 0.3 is 6.18 Å². The van der Waals surface area contributed by atoms with E-state index >= 15 is 0 Å². The monoisotopic (exact) mass is 621 g/mol. The molecule has 0 atom stereocenters. The molecule has 0 unspecified atom stereocenters. The van der Waals surface area contributed by atoms with Crippen molar-refractivity contribution in [3.63, 3.8) is 0 Å². The molecule has 0 saturated carbocycles. The van der Waals surface area contributed by atoms with Crippen molar-refractivity contribution in [3.05, 3.63) is 94.1 Å². The molecule has 0 aliphatic heterocycles. The number of halogens is 5. The van der Waals surface area contributed by atoms with E-state index in [0.717, 1.165) is 12.5 Å². The highest BCUT2D eigenvalue weighted by atomic mass is 35.5. The molecule has 0 fully saturated rings. The second-order valence-corrected chi connectivity index (χ2v) is 12.0. The Labute approximate surface area is 242 Å². The quantitative estimate of drug-likeness (QED) is 0.238. The van der Waals surface area contributed by atoms with Gasteiger partial charge in [0.1, 0.15) is 5.82 Å². The van der Waals surface area contributed by atoms with Crippen molar-refractivity contribution >= 4 is 33.0 Å². The fourth-order valence-electron chi connectivity index (χ4n) is 4.42. The van der Waals surface area contributed by atoms with E-state index in [0.29, 0.717) is 38.8 Å². The zero-order valence-corrected chi connectivity index (χ0v) is 23.7. The molecule has 2 aromatic heterocycles. The van der Waals surface area contributed by atoms with Crippen molar-refractivity contribution in [2.45, 2.75) is 24.6 Å². The maximum atomic E-state index is 13.5. The van der Waals surface area contributed by atoms with E-state index in [1.165, 1.54) is 34.5 Å². The lowest BCUT2D eigenvalue weighted by atomic mass is 10.0. The van der Waals surface area contributed by atoms with Crippen LogP contribution in [-0.2, 0) is 22.6 Å². The Morgan fingerprint density at radius 3 is 2.24 bits per heavy atom. The van der Waals surface area contributed by atoms with Gasteiger partial charge in [0, 0.05) is 33.6 Å². The van der Waals surface area contributed by atoms with Crippen molar-refractivity contribution < 1.29 is 26.7 Å². The van der Waals surface area contributed by atoms with Crippen LogP contribution in [0.3, 0.4) is 0 Å². The molecule has 5 rings (SSSR count). The fourth-order valence-corrected chi connectivity index (χ4v) is 5.85. The van der Waals surface area contributed by atoms with Gasteiger partial charge in [-0.05, 0) is 54.4 Å². The zero-order chi connectivity index (χ0) is 29.7. The second kappa shape index (κ2) is 10.6. The minimum Gasteiger partial charge on any atom is -0.392 e. The molecule has 0 bridgehead atoms. The van der Waals surface area contributed by atoms with E-state index in [9.17, 15) is 26.7 Å². The van der Waals surface area contributed by atoms with Crippen LogP contribution in [-0.4, -0.2) is 44.3 Å². The molecule has 0 amide bonds. The lowest BCUT2D eigenvalue weighted by Gasteiger charge is -2.17. The number of benzene rings is 3. The van der Waals surface area contributed by atoms with Gasteiger partial charge in [0.2, 0.25) is 0 Å². The van der Waals surface area contributed by atoms with Crippen molar-refractivity contribution in [3.8, 4) is 33.8 Å². The smallest absolute Gasteiger partial charge is 0.392 e. The van der Waals surface area contributed by atoms with Gasteiger partial charge in [0.15, 0.2) is 15.5 Å². The number of aryl methyl sites for hydroxylation is 1. The first-order valence-electron chi connectivity index (χ1n) is 11.9. The fraction of sp³-hybridized carbons (Fsp3) is 0.148. The number of hydrogen-bond acceptors (Lipinski definition) is 6. The summed E-state index contributed by atoms with van der Waals surface area (Å²) in [7, 11) is -3.77. The highest BCUT2D eigenvalue weighted by Gasteiger charge is 2.35. The van der Waals surface area contributed by atoms with E-state index < -0.39 is 28.3 Å². The van der Waals surface area contributed by atoms with Crippen molar-refractivity contribution in [1.29, 1.82) is 0 Å². The van der Waals surface area contributed by atoms with E-state index in [-0.39, 0.29) is 21.3 Å². The maximum Gasteiger partial charge on any atom is 0.434 e. The summed E-state index contributed by atoms with van der Waals surface area (Å²) in [4.78, 5) is 3.55. The number of hydrogen-bond donors (Lipinski definition) is 1. The Kier molecular flexibility index (Phi) is 7.45. The third-order valence-electron chi connectivity index (χ3n) is 6.37. The second-order valence-electron chi connectivity index (χ2n) is 9.15. The summed E-state index contributed by atoms with van der Waals surface area (Å²) in [5.74, 6) is 0.0780. The minimum atomic E-state index is -4.66. The molecule has 0 aliphatic rings. The van der Waals surface area contributed by atoms with Crippen LogP contribution in [0.2, 0.25) is 10.0 Å². The first kappa shape index (κ1) is 28.8. The predicted octanol–water partition coefficient (Wildman–Crippen LogP) is 6.32. The molecule has 2 heterocycles. The topological polar surface area (TPSA) is 103 Å². The molecule has 0 spiro atoms. The molecule has 0 saturated heterocycles. The van der Waals surface area contributed by atoms with Gasteiger partial charge in [-0.25, -0.2) is 18.1 Å². The highest BCUT2D eigenvalue weighted by molar-refractivity contribution is 7.90. The number of aliphatic hydroxyl groups excluding tert-OH is 1. The van der Waals surface area contributed by atoms with Crippen LogP contribution in [0.15, 0.2) is 71.9 Å². The molecule has 212 valence electrons.